The van der Waals surface area contributed by atoms with E-state index in [1.54, 1.807) is 11.8 Å². The zero-order valence-electron chi connectivity index (χ0n) is 18.0. The Morgan fingerprint density at radius 3 is 2.32 bits per heavy atom. The molecule has 5 aliphatic rings. The minimum atomic E-state index is -0.365. The molecule has 1 aromatic rings. The van der Waals surface area contributed by atoms with Crippen LogP contribution in [0.4, 0.5) is 22.1 Å². The lowest BCUT2D eigenvalue weighted by Gasteiger charge is -2.57. The second-order valence-electron chi connectivity index (χ2n) is 9.65. The molecule has 10 nitrogen and oxygen atoms in total. The van der Waals surface area contributed by atoms with Crippen LogP contribution in [0.15, 0.2) is 6.33 Å². The van der Waals surface area contributed by atoms with Gasteiger partial charge in [0.05, 0.1) is 11.5 Å². The van der Waals surface area contributed by atoms with Crippen LogP contribution in [-0.4, -0.2) is 64.2 Å². The molecular weight excluding hydrogens is 400 g/mol. The molecule has 0 atom stereocenters. The van der Waals surface area contributed by atoms with Crippen LogP contribution in [0.1, 0.15) is 45.4 Å². The normalized spacial score (nSPS) is 31.6. The fraction of sp³-hybridized carbons (Fsp3) is 0.762. The quantitative estimate of drug-likeness (QED) is 0.560. The molecule has 4 bridgehead atoms. The summed E-state index contributed by atoms with van der Waals surface area (Å²) < 4.78 is 5.06. The average molecular weight is 431 g/mol. The SMILES string of the molecule is CCOC(=O)N1CCN(c2ncnc(NC34CC5CC(CC(C5)C3)C4)c2[N+](=O)[O-])CC1. The Morgan fingerprint density at radius 1 is 1.16 bits per heavy atom. The lowest BCUT2D eigenvalue weighted by atomic mass is 9.53. The molecule has 4 saturated carbocycles. The third kappa shape index (κ3) is 3.76. The van der Waals surface area contributed by atoms with Crippen LogP contribution in [0.5, 0.6) is 0 Å². The van der Waals surface area contributed by atoms with E-state index in [4.69, 9.17) is 4.74 Å². The number of hydrogen-bond acceptors (Lipinski definition) is 8. The lowest BCUT2D eigenvalue weighted by molar-refractivity contribution is -0.383. The number of piperazine rings is 1. The van der Waals surface area contributed by atoms with E-state index in [1.165, 1.54) is 25.6 Å². The highest BCUT2D eigenvalue weighted by atomic mass is 16.6. The van der Waals surface area contributed by atoms with E-state index in [2.05, 4.69) is 15.3 Å². The Kier molecular flexibility index (Phi) is 5.10. The Labute approximate surface area is 181 Å². The zero-order valence-corrected chi connectivity index (χ0v) is 18.0. The molecule has 4 aliphatic carbocycles. The van der Waals surface area contributed by atoms with Gasteiger partial charge in [0, 0.05) is 31.7 Å². The van der Waals surface area contributed by atoms with Crippen molar-refractivity contribution in [2.75, 3.05) is 43.0 Å². The van der Waals surface area contributed by atoms with Crippen molar-refractivity contribution in [3.63, 3.8) is 0 Å². The van der Waals surface area contributed by atoms with Crippen molar-refractivity contribution in [2.45, 2.75) is 51.0 Å². The molecule has 0 spiro atoms. The van der Waals surface area contributed by atoms with Crippen molar-refractivity contribution in [2.24, 2.45) is 17.8 Å². The maximum atomic E-state index is 12.1. The highest BCUT2D eigenvalue weighted by molar-refractivity contribution is 5.72. The Balaban J connectivity index is 1.37. The first-order valence-electron chi connectivity index (χ1n) is 11.4. The average Bonchev–Trinajstić information content (AvgIpc) is 2.72. The van der Waals surface area contributed by atoms with Crippen LogP contribution < -0.4 is 10.2 Å². The Morgan fingerprint density at radius 2 is 1.77 bits per heavy atom. The van der Waals surface area contributed by atoms with Crippen LogP contribution in [0, 0.1) is 27.9 Å². The van der Waals surface area contributed by atoms with Gasteiger partial charge in [0.15, 0.2) is 0 Å². The third-order valence-corrected chi connectivity index (χ3v) is 7.51. The summed E-state index contributed by atoms with van der Waals surface area (Å²) >= 11 is 0. The van der Waals surface area contributed by atoms with Gasteiger partial charge in [-0.05, 0) is 63.2 Å². The minimum absolute atomic E-state index is 0.0529. The van der Waals surface area contributed by atoms with E-state index < -0.39 is 0 Å². The number of ether oxygens (including phenoxy) is 1. The molecule has 31 heavy (non-hydrogen) atoms. The van der Waals surface area contributed by atoms with E-state index in [1.807, 2.05) is 4.90 Å². The van der Waals surface area contributed by atoms with Gasteiger partial charge in [-0.3, -0.25) is 10.1 Å². The van der Waals surface area contributed by atoms with Crippen LogP contribution in [0.3, 0.4) is 0 Å². The number of nitrogens with one attached hydrogen (secondary N) is 1. The number of amides is 1. The molecule has 0 radical (unpaired) electrons. The first-order valence-corrected chi connectivity index (χ1v) is 11.4. The summed E-state index contributed by atoms with van der Waals surface area (Å²) in [5, 5.41) is 15.7. The standard InChI is InChI=1S/C21H30N6O4/c1-2-31-20(28)26-5-3-25(4-6-26)19-17(27(29)30)18(22-13-23-19)24-21-10-14-7-15(11-21)9-16(8-14)12-21/h13-16H,2-12H2,1H3,(H,22,23,24). The van der Waals surface area contributed by atoms with Gasteiger partial charge in [-0.25, -0.2) is 14.8 Å². The number of aromatic nitrogens is 2. The van der Waals surface area contributed by atoms with Crippen molar-refractivity contribution >= 4 is 23.4 Å². The summed E-state index contributed by atoms with van der Waals surface area (Å²) in [6.45, 7) is 3.92. The fourth-order valence-electron chi connectivity index (χ4n) is 6.69. The number of nitrogens with zero attached hydrogens (tertiary/aromatic N) is 5. The smallest absolute Gasteiger partial charge is 0.409 e. The van der Waals surface area contributed by atoms with Crippen molar-refractivity contribution in [1.29, 1.82) is 0 Å². The molecular formula is C21H30N6O4. The molecule has 0 unspecified atom stereocenters. The van der Waals surface area contributed by atoms with Crippen molar-refractivity contribution < 1.29 is 14.5 Å². The molecule has 1 aromatic heterocycles. The third-order valence-electron chi connectivity index (χ3n) is 7.51. The first kappa shape index (κ1) is 20.3. The molecule has 5 fully saturated rings. The van der Waals surface area contributed by atoms with Crippen LogP contribution in [0.2, 0.25) is 0 Å². The summed E-state index contributed by atoms with van der Waals surface area (Å²) in [6, 6.07) is 0. The van der Waals surface area contributed by atoms with Gasteiger partial charge in [-0.2, -0.15) is 0 Å². The monoisotopic (exact) mass is 430 g/mol. The van der Waals surface area contributed by atoms with E-state index in [0.29, 0.717) is 44.4 Å². The molecule has 1 aliphatic heterocycles. The number of anilines is 2. The molecule has 6 rings (SSSR count). The highest BCUT2D eigenvalue weighted by Gasteiger charge is 2.51. The largest absolute Gasteiger partial charge is 0.450 e. The fourth-order valence-corrected chi connectivity index (χ4v) is 6.69. The van der Waals surface area contributed by atoms with Gasteiger partial charge in [-0.1, -0.05) is 0 Å². The van der Waals surface area contributed by atoms with Gasteiger partial charge in [0.1, 0.15) is 6.33 Å². The first-order chi connectivity index (χ1) is 15.0. The zero-order chi connectivity index (χ0) is 21.6. The summed E-state index contributed by atoms with van der Waals surface area (Å²) in [4.78, 5) is 35.8. The van der Waals surface area contributed by atoms with Gasteiger partial charge >= 0.3 is 11.8 Å². The van der Waals surface area contributed by atoms with Gasteiger partial charge in [-0.15, -0.1) is 0 Å². The van der Waals surface area contributed by atoms with E-state index in [9.17, 15) is 14.9 Å². The van der Waals surface area contributed by atoms with E-state index in [-0.39, 0.29) is 22.2 Å². The Bertz CT molecular complexity index is 834. The molecule has 1 amide bonds. The number of hydrogen-bond donors (Lipinski definition) is 1. The van der Waals surface area contributed by atoms with Gasteiger partial charge < -0.3 is 19.9 Å². The van der Waals surface area contributed by atoms with E-state index >= 15 is 0 Å². The van der Waals surface area contributed by atoms with Crippen molar-refractivity contribution in [3.8, 4) is 0 Å². The van der Waals surface area contributed by atoms with Crippen LogP contribution in [0.25, 0.3) is 0 Å². The molecule has 10 heteroatoms. The second-order valence-corrected chi connectivity index (χ2v) is 9.65. The summed E-state index contributed by atoms with van der Waals surface area (Å²) in [6.07, 6.45) is 8.23. The second kappa shape index (κ2) is 7.80. The van der Waals surface area contributed by atoms with E-state index in [0.717, 1.165) is 37.0 Å². The number of carbonyl (C=O) groups excluding carboxylic acids is 1. The topological polar surface area (TPSA) is 114 Å². The Hall–Kier alpha value is -2.65. The summed E-state index contributed by atoms with van der Waals surface area (Å²) in [5.41, 5.74) is -0.129. The predicted octanol–water partition coefficient (Wildman–Crippen LogP) is 3.04. The van der Waals surface area contributed by atoms with Gasteiger partial charge in [0.25, 0.3) is 0 Å². The maximum Gasteiger partial charge on any atom is 0.409 e. The number of nitro groups is 1. The van der Waals surface area contributed by atoms with Crippen molar-refractivity contribution in [3.05, 3.63) is 16.4 Å². The van der Waals surface area contributed by atoms with Crippen LogP contribution >= 0.6 is 0 Å². The molecule has 0 aromatic carbocycles. The minimum Gasteiger partial charge on any atom is -0.450 e. The molecule has 168 valence electrons. The molecule has 1 saturated heterocycles. The maximum absolute atomic E-state index is 12.1. The lowest BCUT2D eigenvalue weighted by Crippen LogP contribution is -2.55. The predicted molar refractivity (Wildman–Crippen MR) is 114 cm³/mol. The summed E-state index contributed by atoms with van der Waals surface area (Å²) in [7, 11) is 0. The van der Waals surface area contributed by atoms with Crippen molar-refractivity contribution in [1.82, 2.24) is 14.9 Å². The molecule has 1 N–H and O–H groups in total. The summed E-state index contributed by atoms with van der Waals surface area (Å²) in [5.74, 6) is 2.86. The van der Waals surface area contributed by atoms with Crippen LogP contribution in [-0.2, 0) is 4.74 Å². The number of carbonyl (C=O) groups is 1. The number of rotatable bonds is 5. The highest BCUT2D eigenvalue weighted by Crippen LogP contribution is 2.57. The van der Waals surface area contributed by atoms with Gasteiger partial charge in [0.2, 0.25) is 11.6 Å². The molecule has 2 heterocycles.